The third-order valence-electron chi connectivity index (χ3n) is 3.41. The monoisotopic (exact) mass is 296 g/mol. The number of amides is 1. The molecule has 0 radical (unpaired) electrons. The van der Waals surface area contributed by atoms with Crippen LogP contribution in [0.2, 0.25) is 0 Å². The fourth-order valence-corrected chi connectivity index (χ4v) is 3.30. The first-order chi connectivity index (χ1) is 9.75. The lowest BCUT2D eigenvalue weighted by Crippen LogP contribution is -2.32. The standard InChI is InChI=1S/C15H21FN2OS/c16-14-4-2-1-3-12(14)5-10-18-15(19)11-20-13-6-8-17-9-7-13/h1-4,13,17H,5-11H2,(H,18,19). The Morgan fingerprint density at radius 3 is 2.85 bits per heavy atom. The highest BCUT2D eigenvalue weighted by Crippen LogP contribution is 2.19. The molecule has 0 spiro atoms. The fourth-order valence-electron chi connectivity index (χ4n) is 2.24. The van der Waals surface area contributed by atoms with Gasteiger partial charge in [-0.1, -0.05) is 18.2 Å². The van der Waals surface area contributed by atoms with E-state index in [9.17, 15) is 9.18 Å². The molecule has 1 heterocycles. The molecule has 0 saturated carbocycles. The van der Waals surface area contributed by atoms with E-state index in [0.717, 1.165) is 25.9 Å². The van der Waals surface area contributed by atoms with Gasteiger partial charge in [-0.2, -0.15) is 0 Å². The summed E-state index contributed by atoms with van der Waals surface area (Å²) in [6, 6.07) is 6.69. The lowest BCUT2D eigenvalue weighted by atomic mass is 10.1. The largest absolute Gasteiger partial charge is 0.355 e. The van der Waals surface area contributed by atoms with Crippen LogP contribution < -0.4 is 10.6 Å². The van der Waals surface area contributed by atoms with Gasteiger partial charge in [0.25, 0.3) is 0 Å². The van der Waals surface area contributed by atoms with Crippen LogP contribution in [0.5, 0.6) is 0 Å². The zero-order chi connectivity index (χ0) is 14.2. The highest BCUT2D eigenvalue weighted by atomic mass is 32.2. The molecule has 2 N–H and O–H groups in total. The maximum atomic E-state index is 13.4. The number of hydrogen-bond acceptors (Lipinski definition) is 3. The molecule has 1 aromatic carbocycles. The highest BCUT2D eigenvalue weighted by molar-refractivity contribution is 8.00. The van der Waals surface area contributed by atoms with E-state index < -0.39 is 0 Å². The zero-order valence-corrected chi connectivity index (χ0v) is 12.3. The van der Waals surface area contributed by atoms with Crippen LogP contribution in [0.3, 0.4) is 0 Å². The Morgan fingerprint density at radius 2 is 2.10 bits per heavy atom. The summed E-state index contributed by atoms with van der Waals surface area (Å²) < 4.78 is 13.4. The van der Waals surface area contributed by atoms with E-state index in [1.54, 1.807) is 23.9 Å². The van der Waals surface area contributed by atoms with Gasteiger partial charge < -0.3 is 10.6 Å². The van der Waals surface area contributed by atoms with Crippen LogP contribution in [-0.2, 0) is 11.2 Å². The van der Waals surface area contributed by atoms with Crippen molar-refractivity contribution in [2.24, 2.45) is 0 Å². The van der Waals surface area contributed by atoms with Gasteiger partial charge in [0.1, 0.15) is 5.82 Å². The van der Waals surface area contributed by atoms with Crippen LogP contribution in [0.25, 0.3) is 0 Å². The second kappa shape index (κ2) is 8.27. The highest BCUT2D eigenvalue weighted by Gasteiger charge is 2.14. The van der Waals surface area contributed by atoms with Gasteiger partial charge in [0, 0.05) is 11.8 Å². The van der Waals surface area contributed by atoms with E-state index >= 15 is 0 Å². The molecule has 1 amide bonds. The van der Waals surface area contributed by atoms with Crippen molar-refractivity contribution in [1.82, 2.24) is 10.6 Å². The average molecular weight is 296 g/mol. The number of halogens is 1. The molecule has 2 rings (SSSR count). The lowest BCUT2D eigenvalue weighted by Gasteiger charge is -2.21. The Morgan fingerprint density at radius 1 is 1.35 bits per heavy atom. The molecule has 20 heavy (non-hydrogen) atoms. The minimum atomic E-state index is -0.203. The molecule has 3 nitrogen and oxygen atoms in total. The summed E-state index contributed by atoms with van der Waals surface area (Å²) in [5.41, 5.74) is 0.652. The van der Waals surface area contributed by atoms with E-state index in [1.165, 1.54) is 6.07 Å². The summed E-state index contributed by atoms with van der Waals surface area (Å²) in [6.45, 7) is 2.59. The molecule has 1 aliphatic rings. The number of carbonyl (C=O) groups excluding carboxylic acids is 1. The Kier molecular flexibility index (Phi) is 6.33. The number of thioether (sulfide) groups is 1. The maximum absolute atomic E-state index is 13.4. The second-order valence-corrected chi connectivity index (χ2v) is 6.24. The summed E-state index contributed by atoms with van der Waals surface area (Å²) in [5, 5.41) is 6.76. The van der Waals surface area contributed by atoms with Crippen molar-refractivity contribution in [3.8, 4) is 0 Å². The van der Waals surface area contributed by atoms with Crippen LogP contribution in [0.4, 0.5) is 4.39 Å². The number of carbonyl (C=O) groups is 1. The summed E-state index contributed by atoms with van der Waals surface area (Å²) in [4.78, 5) is 11.7. The topological polar surface area (TPSA) is 41.1 Å². The molecule has 0 atom stereocenters. The van der Waals surface area contributed by atoms with Gasteiger partial charge in [-0.15, -0.1) is 11.8 Å². The quantitative estimate of drug-likeness (QED) is 0.843. The van der Waals surface area contributed by atoms with Gasteiger partial charge in [0.2, 0.25) is 5.91 Å². The number of piperidine rings is 1. The molecule has 0 aliphatic carbocycles. The summed E-state index contributed by atoms with van der Waals surface area (Å²) >= 11 is 1.73. The van der Waals surface area contributed by atoms with Crippen molar-refractivity contribution in [1.29, 1.82) is 0 Å². The fraction of sp³-hybridized carbons (Fsp3) is 0.533. The van der Waals surface area contributed by atoms with Gasteiger partial charge >= 0.3 is 0 Å². The average Bonchev–Trinajstić information content (AvgIpc) is 2.48. The van der Waals surface area contributed by atoms with E-state index in [4.69, 9.17) is 0 Å². The second-order valence-electron chi connectivity index (χ2n) is 4.95. The van der Waals surface area contributed by atoms with E-state index in [2.05, 4.69) is 10.6 Å². The van der Waals surface area contributed by atoms with E-state index in [1.807, 2.05) is 6.07 Å². The minimum absolute atomic E-state index is 0.0462. The van der Waals surface area contributed by atoms with Crippen LogP contribution in [0, 0.1) is 5.82 Å². The molecule has 5 heteroatoms. The first-order valence-corrected chi connectivity index (χ1v) is 8.13. The van der Waals surface area contributed by atoms with Gasteiger partial charge in [0.15, 0.2) is 0 Å². The summed E-state index contributed by atoms with van der Waals surface area (Å²) in [6.07, 6.45) is 2.80. The zero-order valence-electron chi connectivity index (χ0n) is 11.5. The van der Waals surface area contributed by atoms with Crippen molar-refractivity contribution in [3.05, 3.63) is 35.6 Å². The van der Waals surface area contributed by atoms with Gasteiger partial charge in [-0.3, -0.25) is 4.79 Å². The Labute approximate surface area is 123 Å². The van der Waals surface area contributed by atoms with Crippen molar-refractivity contribution in [3.63, 3.8) is 0 Å². The molecule has 0 bridgehead atoms. The number of nitrogens with one attached hydrogen (secondary N) is 2. The Balaban J connectivity index is 1.61. The number of benzene rings is 1. The van der Waals surface area contributed by atoms with E-state index in [0.29, 0.717) is 29.5 Å². The van der Waals surface area contributed by atoms with Gasteiger partial charge in [0.05, 0.1) is 5.75 Å². The minimum Gasteiger partial charge on any atom is -0.355 e. The third kappa shape index (κ3) is 5.13. The molecular formula is C15H21FN2OS. The normalized spacial score (nSPS) is 16.1. The molecule has 1 fully saturated rings. The molecule has 0 aromatic heterocycles. The predicted octanol–water partition coefficient (Wildman–Crippen LogP) is 1.97. The van der Waals surface area contributed by atoms with Crippen molar-refractivity contribution < 1.29 is 9.18 Å². The van der Waals surface area contributed by atoms with Crippen molar-refractivity contribution in [2.45, 2.75) is 24.5 Å². The Bertz CT molecular complexity index is 436. The van der Waals surface area contributed by atoms with Crippen LogP contribution >= 0.6 is 11.8 Å². The van der Waals surface area contributed by atoms with Crippen molar-refractivity contribution in [2.75, 3.05) is 25.4 Å². The number of hydrogen-bond donors (Lipinski definition) is 2. The molecule has 1 aromatic rings. The Hall–Kier alpha value is -1.07. The summed E-state index contributed by atoms with van der Waals surface area (Å²) in [7, 11) is 0. The van der Waals surface area contributed by atoms with Gasteiger partial charge in [-0.25, -0.2) is 4.39 Å². The van der Waals surface area contributed by atoms with Crippen LogP contribution in [0.15, 0.2) is 24.3 Å². The molecule has 1 saturated heterocycles. The molecular weight excluding hydrogens is 275 g/mol. The lowest BCUT2D eigenvalue weighted by molar-refractivity contribution is -0.118. The number of rotatable bonds is 6. The van der Waals surface area contributed by atoms with Crippen molar-refractivity contribution >= 4 is 17.7 Å². The third-order valence-corrected chi connectivity index (χ3v) is 4.78. The SMILES string of the molecule is O=C(CSC1CCNCC1)NCCc1ccccc1F. The van der Waals surface area contributed by atoms with Gasteiger partial charge in [-0.05, 0) is 44.0 Å². The maximum Gasteiger partial charge on any atom is 0.230 e. The smallest absolute Gasteiger partial charge is 0.230 e. The first-order valence-electron chi connectivity index (χ1n) is 7.08. The molecule has 1 aliphatic heterocycles. The van der Waals surface area contributed by atoms with E-state index in [-0.39, 0.29) is 11.7 Å². The first kappa shape index (κ1) is 15.3. The predicted molar refractivity (Wildman–Crippen MR) is 81.5 cm³/mol. The van der Waals surface area contributed by atoms with Crippen LogP contribution in [-0.4, -0.2) is 36.5 Å². The summed E-state index contributed by atoms with van der Waals surface area (Å²) in [5.74, 6) is 0.345. The van der Waals surface area contributed by atoms with Crippen LogP contribution in [0.1, 0.15) is 18.4 Å². The molecule has 0 unspecified atom stereocenters. The molecule has 110 valence electrons.